The molecule has 2 aliphatic rings. The van der Waals surface area contributed by atoms with E-state index in [0.717, 1.165) is 24.6 Å². The minimum atomic E-state index is 0.590. The number of hydrogen-bond acceptors (Lipinski definition) is 3. The quantitative estimate of drug-likeness (QED) is 0.901. The highest BCUT2D eigenvalue weighted by atomic mass is 15.1. The van der Waals surface area contributed by atoms with Crippen LogP contribution in [0.15, 0.2) is 54.6 Å². The number of piperidine rings is 1. The number of nitrogens with one attached hydrogen (secondary N) is 1. The van der Waals surface area contributed by atoms with E-state index >= 15 is 0 Å². The van der Waals surface area contributed by atoms with Crippen LogP contribution < -0.4 is 10.2 Å². The van der Waals surface area contributed by atoms with Gasteiger partial charge >= 0.3 is 0 Å². The van der Waals surface area contributed by atoms with E-state index in [1.54, 1.807) is 0 Å². The second-order valence-electron chi connectivity index (χ2n) is 7.53. The fraction of sp³-hybridized carbons (Fsp3) is 0.409. The largest absolute Gasteiger partial charge is 0.371 e. The van der Waals surface area contributed by atoms with Crippen LogP contribution in [0, 0.1) is 22.7 Å². The molecule has 1 saturated carbocycles. The molecule has 2 aromatic rings. The molecule has 1 aliphatic heterocycles. The van der Waals surface area contributed by atoms with Gasteiger partial charge in [0.2, 0.25) is 0 Å². The summed E-state index contributed by atoms with van der Waals surface area (Å²) >= 11 is 0. The van der Waals surface area contributed by atoms with E-state index in [-0.39, 0.29) is 0 Å². The van der Waals surface area contributed by atoms with Gasteiger partial charge in [-0.05, 0) is 67.0 Å². The average molecular weight is 331 g/mol. The van der Waals surface area contributed by atoms with Crippen LogP contribution in [0.3, 0.4) is 0 Å². The molecule has 1 N–H and O–H groups in total. The number of nitrogens with zero attached hydrogens (tertiary/aromatic N) is 2. The molecule has 25 heavy (non-hydrogen) atoms. The molecule has 2 aromatic carbocycles. The Morgan fingerprint density at radius 1 is 1.08 bits per heavy atom. The topological polar surface area (TPSA) is 39.1 Å². The van der Waals surface area contributed by atoms with Crippen molar-refractivity contribution in [3.8, 4) is 6.07 Å². The maximum atomic E-state index is 8.98. The van der Waals surface area contributed by atoms with Gasteiger partial charge in [-0.25, -0.2) is 0 Å². The second kappa shape index (κ2) is 6.90. The molecule has 1 atom stereocenters. The van der Waals surface area contributed by atoms with Crippen LogP contribution in [0.25, 0.3) is 0 Å². The normalized spacial score (nSPS) is 21.1. The van der Waals surface area contributed by atoms with Gasteiger partial charge in [-0.1, -0.05) is 30.3 Å². The minimum Gasteiger partial charge on any atom is -0.371 e. The molecule has 0 radical (unpaired) electrons. The number of nitriles is 1. The maximum Gasteiger partial charge on any atom is 0.0991 e. The van der Waals surface area contributed by atoms with Crippen LogP contribution in [0.2, 0.25) is 0 Å². The van der Waals surface area contributed by atoms with E-state index in [1.165, 1.54) is 43.6 Å². The lowest BCUT2D eigenvalue weighted by atomic mass is 9.90. The van der Waals surface area contributed by atoms with Crippen molar-refractivity contribution in [2.45, 2.75) is 25.8 Å². The summed E-state index contributed by atoms with van der Waals surface area (Å²) in [5.41, 5.74) is 3.90. The predicted molar refractivity (Wildman–Crippen MR) is 101 cm³/mol. The molecule has 0 bridgehead atoms. The summed E-state index contributed by atoms with van der Waals surface area (Å²) in [4.78, 5) is 2.53. The van der Waals surface area contributed by atoms with Gasteiger partial charge in [-0.15, -0.1) is 0 Å². The standard InChI is InChI=1S/C22H25N3/c23-15-18-5-4-6-19(13-18)16-24-17-20-14-22(20)9-11-25(12-10-22)21-7-2-1-3-8-21/h1-8,13,20,24H,9-12,14,16-17H2. The predicted octanol–water partition coefficient (Wildman–Crippen LogP) is 3.95. The van der Waals surface area contributed by atoms with E-state index in [9.17, 15) is 0 Å². The van der Waals surface area contributed by atoms with Gasteiger partial charge in [0.1, 0.15) is 0 Å². The Balaban J connectivity index is 1.24. The molecule has 0 amide bonds. The van der Waals surface area contributed by atoms with Crippen LogP contribution >= 0.6 is 0 Å². The molecule has 2 fully saturated rings. The van der Waals surface area contributed by atoms with Gasteiger partial charge in [0, 0.05) is 25.3 Å². The SMILES string of the molecule is N#Cc1cccc(CNCC2CC23CCN(c2ccccc2)CC3)c1. The summed E-state index contributed by atoms with van der Waals surface area (Å²) in [5, 5.41) is 12.6. The van der Waals surface area contributed by atoms with E-state index in [1.807, 2.05) is 18.2 Å². The first-order valence-electron chi connectivity index (χ1n) is 9.29. The van der Waals surface area contributed by atoms with Crippen molar-refractivity contribution in [3.63, 3.8) is 0 Å². The lowest BCUT2D eigenvalue weighted by molar-refractivity contribution is 0.343. The second-order valence-corrected chi connectivity index (χ2v) is 7.53. The van der Waals surface area contributed by atoms with E-state index in [0.29, 0.717) is 5.41 Å². The van der Waals surface area contributed by atoms with Crippen LogP contribution in [0.1, 0.15) is 30.4 Å². The summed E-state index contributed by atoms with van der Waals surface area (Å²) in [6.45, 7) is 4.33. The molecule has 1 unspecified atom stereocenters. The van der Waals surface area contributed by atoms with Crippen molar-refractivity contribution >= 4 is 5.69 Å². The molecule has 0 aromatic heterocycles. The Morgan fingerprint density at radius 2 is 1.88 bits per heavy atom. The zero-order chi connectivity index (χ0) is 17.1. The monoisotopic (exact) mass is 331 g/mol. The van der Waals surface area contributed by atoms with Gasteiger partial charge in [0.25, 0.3) is 0 Å². The Bertz CT molecular complexity index is 754. The first-order valence-corrected chi connectivity index (χ1v) is 9.29. The van der Waals surface area contributed by atoms with Gasteiger partial charge < -0.3 is 10.2 Å². The summed E-state index contributed by atoms with van der Waals surface area (Å²) in [7, 11) is 0. The van der Waals surface area contributed by atoms with Crippen LogP contribution in [-0.4, -0.2) is 19.6 Å². The van der Waals surface area contributed by atoms with E-state index in [4.69, 9.17) is 5.26 Å². The third-order valence-electron chi connectivity index (χ3n) is 6.02. The molecule has 1 spiro atoms. The molecule has 1 heterocycles. The van der Waals surface area contributed by atoms with Gasteiger partial charge in [0.15, 0.2) is 0 Å². The third kappa shape index (κ3) is 3.55. The van der Waals surface area contributed by atoms with Crippen molar-refractivity contribution < 1.29 is 0 Å². The number of anilines is 1. The molecular formula is C22H25N3. The van der Waals surface area contributed by atoms with Crippen molar-refractivity contribution in [2.24, 2.45) is 11.3 Å². The zero-order valence-electron chi connectivity index (χ0n) is 14.6. The van der Waals surface area contributed by atoms with Gasteiger partial charge in [-0.2, -0.15) is 5.26 Å². The fourth-order valence-electron chi connectivity index (χ4n) is 4.32. The van der Waals surface area contributed by atoms with E-state index in [2.05, 4.69) is 52.7 Å². The zero-order valence-corrected chi connectivity index (χ0v) is 14.6. The molecule has 3 nitrogen and oxygen atoms in total. The summed E-state index contributed by atoms with van der Waals surface area (Å²) in [6.07, 6.45) is 4.01. The number of benzene rings is 2. The van der Waals surface area contributed by atoms with Crippen molar-refractivity contribution in [1.29, 1.82) is 5.26 Å². The van der Waals surface area contributed by atoms with Crippen LogP contribution in [0.5, 0.6) is 0 Å². The highest BCUT2D eigenvalue weighted by Crippen LogP contribution is 2.59. The van der Waals surface area contributed by atoms with Crippen molar-refractivity contribution in [1.82, 2.24) is 5.32 Å². The Kier molecular flexibility index (Phi) is 4.46. The Morgan fingerprint density at radius 3 is 2.64 bits per heavy atom. The third-order valence-corrected chi connectivity index (χ3v) is 6.02. The lowest BCUT2D eigenvalue weighted by Gasteiger charge is -2.34. The average Bonchev–Trinajstić information content (AvgIpc) is 3.34. The highest BCUT2D eigenvalue weighted by molar-refractivity contribution is 5.46. The highest BCUT2D eigenvalue weighted by Gasteiger charge is 2.54. The van der Waals surface area contributed by atoms with Gasteiger partial charge in [0.05, 0.1) is 11.6 Å². The minimum absolute atomic E-state index is 0.590. The first-order chi connectivity index (χ1) is 12.3. The number of hydrogen-bond donors (Lipinski definition) is 1. The smallest absolute Gasteiger partial charge is 0.0991 e. The van der Waals surface area contributed by atoms with Crippen molar-refractivity contribution in [3.05, 3.63) is 65.7 Å². The molecular weight excluding hydrogens is 306 g/mol. The molecule has 1 aliphatic carbocycles. The molecule has 128 valence electrons. The summed E-state index contributed by atoms with van der Waals surface area (Å²) in [5.74, 6) is 0.824. The Hall–Kier alpha value is -2.31. The molecule has 3 heteroatoms. The summed E-state index contributed by atoms with van der Waals surface area (Å²) < 4.78 is 0. The van der Waals surface area contributed by atoms with Gasteiger partial charge in [-0.3, -0.25) is 0 Å². The summed E-state index contributed by atoms with van der Waals surface area (Å²) in [6, 6.07) is 20.9. The number of para-hydroxylation sites is 1. The van der Waals surface area contributed by atoms with E-state index < -0.39 is 0 Å². The fourth-order valence-corrected chi connectivity index (χ4v) is 4.32. The first kappa shape index (κ1) is 16.2. The molecule has 4 rings (SSSR count). The van der Waals surface area contributed by atoms with Crippen LogP contribution in [0.4, 0.5) is 5.69 Å². The molecule has 1 saturated heterocycles. The number of rotatable bonds is 5. The maximum absolute atomic E-state index is 8.98. The Labute approximate surface area is 150 Å². The van der Waals surface area contributed by atoms with Crippen LogP contribution in [-0.2, 0) is 6.54 Å². The van der Waals surface area contributed by atoms with Crippen molar-refractivity contribution in [2.75, 3.05) is 24.5 Å². The lowest BCUT2D eigenvalue weighted by Crippen LogP contribution is -2.36.